The Hall–Kier alpha value is -2.22. The lowest BCUT2D eigenvalue weighted by atomic mass is 9.91. The van der Waals surface area contributed by atoms with Crippen LogP contribution in [0.4, 0.5) is 0 Å². The number of carbonyl (C=O) groups excluding carboxylic acids is 1. The molecule has 0 aromatic carbocycles. The molecule has 3 heterocycles. The number of hydrogen-bond donors (Lipinski definition) is 1. The van der Waals surface area contributed by atoms with E-state index in [1.165, 1.54) is 0 Å². The minimum absolute atomic E-state index is 0.170. The summed E-state index contributed by atoms with van der Waals surface area (Å²) in [6, 6.07) is 1.31. The van der Waals surface area contributed by atoms with Gasteiger partial charge in [-0.25, -0.2) is 0 Å². The summed E-state index contributed by atoms with van der Waals surface area (Å²) in [6.07, 6.45) is 1.64. The third kappa shape index (κ3) is 3.64. The largest absolute Gasteiger partial charge is 0.381 e. The standard InChI is InChI=1S/C16H22N4O4/c1-9(2)13-8-12(20-23-13)15(21)18-14(11-4-6-22-7-5-11)16-17-10(3)19-24-16/h8-9,11,14H,4-7H2,1-3H3,(H,18,21). The highest BCUT2D eigenvalue weighted by atomic mass is 16.5. The average Bonchev–Trinajstić information content (AvgIpc) is 3.22. The fourth-order valence-electron chi connectivity index (χ4n) is 2.75. The number of aryl methyl sites for hydroxylation is 1. The summed E-state index contributed by atoms with van der Waals surface area (Å²) in [6.45, 7) is 7.03. The molecule has 3 rings (SSSR count). The molecule has 1 amide bonds. The first kappa shape index (κ1) is 16.6. The molecule has 8 heteroatoms. The normalized spacial score (nSPS) is 17.2. The molecule has 1 aliphatic rings. The van der Waals surface area contributed by atoms with Gasteiger partial charge in [0.1, 0.15) is 11.8 Å². The molecule has 0 bridgehead atoms. The van der Waals surface area contributed by atoms with Crippen molar-refractivity contribution in [1.82, 2.24) is 20.6 Å². The summed E-state index contributed by atoms with van der Waals surface area (Å²) in [5.74, 6) is 1.68. The zero-order valence-electron chi connectivity index (χ0n) is 14.1. The van der Waals surface area contributed by atoms with E-state index >= 15 is 0 Å². The third-order valence-corrected chi connectivity index (χ3v) is 4.16. The van der Waals surface area contributed by atoms with E-state index in [2.05, 4.69) is 20.6 Å². The van der Waals surface area contributed by atoms with Crippen molar-refractivity contribution in [2.24, 2.45) is 5.92 Å². The second-order valence-corrected chi connectivity index (χ2v) is 6.35. The number of amides is 1. The molecule has 0 spiro atoms. The van der Waals surface area contributed by atoms with Crippen LogP contribution in [0.5, 0.6) is 0 Å². The van der Waals surface area contributed by atoms with Gasteiger partial charge in [0.15, 0.2) is 11.5 Å². The van der Waals surface area contributed by atoms with Gasteiger partial charge in [0, 0.05) is 25.2 Å². The smallest absolute Gasteiger partial charge is 0.274 e. The van der Waals surface area contributed by atoms with E-state index in [1.807, 2.05) is 13.8 Å². The van der Waals surface area contributed by atoms with Crippen LogP contribution in [0.1, 0.15) is 66.6 Å². The Kier molecular flexibility index (Phi) is 4.94. The summed E-state index contributed by atoms with van der Waals surface area (Å²) >= 11 is 0. The molecule has 1 aliphatic heterocycles. The Bertz CT molecular complexity index is 688. The Balaban J connectivity index is 1.78. The van der Waals surface area contributed by atoms with E-state index in [4.69, 9.17) is 13.8 Å². The lowest BCUT2D eigenvalue weighted by Crippen LogP contribution is -2.36. The van der Waals surface area contributed by atoms with Gasteiger partial charge in [-0.3, -0.25) is 4.79 Å². The number of aromatic nitrogens is 3. The van der Waals surface area contributed by atoms with E-state index in [0.29, 0.717) is 30.7 Å². The zero-order chi connectivity index (χ0) is 17.1. The maximum atomic E-state index is 12.6. The van der Waals surface area contributed by atoms with Gasteiger partial charge in [-0.2, -0.15) is 4.98 Å². The van der Waals surface area contributed by atoms with Crippen molar-refractivity contribution in [3.05, 3.63) is 29.2 Å². The predicted molar refractivity (Wildman–Crippen MR) is 83.4 cm³/mol. The van der Waals surface area contributed by atoms with E-state index in [0.717, 1.165) is 12.8 Å². The third-order valence-electron chi connectivity index (χ3n) is 4.16. The van der Waals surface area contributed by atoms with Crippen molar-refractivity contribution < 1.29 is 18.6 Å². The second kappa shape index (κ2) is 7.12. The minimum atomic E-state index is -0.359. The van der Waals surface area contributed by atoms with Crippen LogP contribution in [0.3, 0.4) is 0 Å². The lowest BCUT2D eigenvalue weighted by Gasteiger charge is -2.28. The van der Waals surface area contributed by atoms with Crippen LogP contribution in [0.25, 0.3) is 0 Å². The molecule has 0 radical (unpaired) electrons. The molecule has 2 aromatic heterocycles. The fraction of sp³-hybridized carbons (Fsp3) is 0.625. The Morgan fingerprint density at radius 1 is 1.25 bits per heavy atom. The minimum Gasteiger partial charge on any atom is -0.381 e. The SMILES string of the molecule is Cc1noc(C(NC(=O)c2cc(C(C)C)on2)C2CCOCC2)n1. The topological polar surface area (TPSA) is 103 Å². The highest BCUT2D eigenvalue weighted by molar-refractivity contribution is 5.92. The van der Waals surface area contributed by atoms with Gasteiger partial charge in [0.25, 0.3) is 5.91 Å². The van der Waals surface area contributed by atoms with Crippen molar-refractivity contribution in [3.63, 3.8) is 0 Å². The second-order valence-electron chi connectivity index (χ2n) is 6.35. The Morgan fingerprint density at radius 2 is 2.00 bits per heavy atom. The number of nitrogens with zero attached hydrogens (tertiary/aromatic N) is 3. The molecule has 0 aliphatic carbocycles. The molecule has 0 saturated carbocycles. The first-order chi connectivity index (χ1) is 11.5. The first-order valence-electron chi connectivity index (χ1n) is 8.20. The summed E-state index contributed by atoms with van der Waals surface area (Å²) < 4.78 is 15.9. The number of rotatable bonds is 5. The zero-order valence-corrected chi connectivity index (χ0v) is 14.1. The highest BCUT2D eigenvalue weighted by Crippen LogP contribution is 2.29. The molecule has 1 N–H and O–H groups in total. The van der Waals surface area contributed by atoms with Crippen molar-refractivity contribution >= 4 is 5.91 Å². The van der Waals surface area contributed by atoms with Crippen molar-refractivity contribution in [2.75, 3.05) is 13.2 Å². The highest BCUT2D eigenvalue weighted by Gasteiger charge is 2.32. The van der Waals surface area contributed by atoms with Crippen LogP contribution in [-0.4, -0.2) is 34.4 Å². The van der Waals surface area contributed by atoms with Gasteiger partial charge in [-0.05, 0) is 25.7 Å². The van der Waals surface area contributed by atoms with E-state index in [1.54, 1.807) is 13.0 Å². The van der Waals surface area contributed by atoms with Gasteiger partial charge in [-0.15, -0.1) is 0 Å². The molecule has 2 aromatic rings. The van der Waals surface area contributed by atoms with Gasteiger partial charge in [0.05, 0.1) is 0 Å². The van der Waals surface area contributed by atoms with Gasteiger partial charge < -0.3 is 19.1 Å². The average molecular weight is 334 g/mol. The summed E-state index contributed by atoms with van der Waals surface area (Å²) in [4.78, 5) is 16.8. The number of ether oxygens (including phenoxy) is 1. The van der Waals surface area contributed by atoms with Crippen molar-refractivity contribution in [1.29, 1.82) is 0 Å². The summed E-state index contributed by atoms with van der Waals surface area (Å²) in [5.41, 5.74) is 0.256. The molecule has 130 valence electrons. The van der Waals surface area contributed by atoms with Gasteiger partial charge >= 0.3 is 0 Å². The van der Waals surface area contributed by atoms with Crippen LogP contribution in [0, 0.1) is 12.8 Å². The number of nitrogens with one attached hydrogen (secondary N) is 1. The first-order valence-corrected chi connectivity index (χ1v) is 8.20. The van der Waals surface area contributed by atoms with Crippen LogP contribution in [0.2, 0.25) is 0 Å². The van der Waals surface area contributed by atoms with Gasteiger partial charge in [-0.1, -0.05) is 24.2 Å². The van der Waals surface area contributed by atoms with Gasteiger partial charge in [0.2, 0.25) is 5.89 Å². The molecular weight excluding hydrogens is 312 g/mol. The van der Waals surface area contributed by atoms with Crippen LogP contribution in [0.15, 0.2) is 15.1 Å². The maximum Gasteiger partial charge on any atom is 0.274 e. The molecule has 1 unspecified atom stereocenters. The van der Waals surface area contributed by atoms with Crippen LogP contribution < -0.4 is 5.32 Å². The van der Waals surface area contributed by atoms with Crippen LogP contribution in [-0.2, 0) is 4.74 Å². The number of hydrogen-bond acceptors (Lipinski definition) is 7. The van der Waals surface area contributed by atoms with Crippen molar-refractivity contribution in [3.8, 4) is 0 Å². The van der Waals surface area contributed by atoms with E-state index in [9.17, 15) is 4.79 Å². The Labute approximate surface area is 139 Å². The molecule has 1 fully saturated rings. The Morgan fingerprint density at radius 3 is 2.58 bits per heavy atom. The summed E-state index contributed by atoms with van der Waals surface area (Å²) in [5, 5.41) is 10.7. The quantitative estimate of drug-likeness (QED) is 0.895. The molecule has 1 saturated heterocycles. The fourth-order valence-corrected chi connectivity index (χ4v) is 2.75. The molecular formula is C16H22N4O4. The van der Waals surface area contributed by atoms with Crippen LogP contribution >= 0.6 is 0 Å². The van der Waals surface area contributed by atoms with E-state index < -0.39 is 0 Å². The van der Waals surface area contributed by atoms with Crippen molar-refractivity contribution in [2.45, 2.75) is 45.6 Å². The number of carbonyl (C=O) groups is 1. The lowest BCUT2D eigenvalue weighted by molar-refractivity contribution is 0.0466. The molecule has 1 atom stereocenters. The summed E-state index contributed by atoms with van der Waals surface area (Å²) in [7, 11) is 0. The molecule has 24 heavy (non-hydrogen) atoms. The monoisotopic (exact) mass is 334 g/mol. The van der Waals surface area contributed by atoms with E-state index in [-0.39, 0.29) is 29.5 Å². The predicted octanol–water partition coefficient (Wildman–Crippen LogP) is 2.39. The molecule has 8 nitrogen and oxygen atoms in total. The maximum absolute atomic E-state index is 12.6.